The number of aryl methyl sites for hydroxylation is 1. The zero-order valence-corrected chi connectivity index (χ0v) is 7.59. The van der Waals surface area contributed by atoms with Crippen LogP contribution in [0.25, 0.3) is 10.9 Å². The molecule has 0 fully saturated rings. The van der Waals surface area contributed by atoms with Gasteiger partial charge >= 0.3 is 0 Å². The van der Waals surface area contributed by atoms with Crippen LogP contribution < -0.4 is 10.3 Å². The number of nitrogens with zero attached hydrogens (tertiary/aromatic N) is 1. The van der Waals surface area contributed by atoms with Gasteiger partial charge in [-0.25, -0.2) is 4.39 Å². The summed E-state index contributed by atoms with van der Waals surface area (Å²) >= 11 is 0. The van der Waals surface area contributed by atoms with Gasteiger partial charge in [0.05, 0.1) is 11.1 Å². The van der Waals surface area contributed by atoms with E-state index in [9.17, 15) is 8.78 Å². The Morgan fingerprint density at radius 3 is 2.71 bits per heavy atom. The summed E-state index contributed by atoms with van der Waals surface area (Å²) in [4.78, 5) is 0. The standard InChI is InChI=1S/C10H8F2N2/c1-14-4-2-3-6-9(13)7(11)5-8(12)10(6)14/h2-5,13H,1H3/p+1. The van der Waals surface area contributed by atoms with E-state index < -0.39 is 11.6 Å². The lowest BCUT2D eigenvalue weighted by atomic mass is 10.1. The predicted molar refractivity (Wildman–Crippen MR) is 49.5 cm³/mol. The average Bonchev–Trinajstić information content (AvgIpc) is 2.14. The third kappa shape index (κ3) is 1.11. The van der Waals surface area contributed by atoms with Crippen LogP contribution >= 0.6 is 0 Å². The number of anilines is 1. The topological polar surface area (TPSA) is 29.9 Å². The van der Waals surface area contributed by atoms with Gasteiger partial charge in [-0.2, -0.15) is 8.96 Å². The summed E-state index contributed by atoms with van der Waals surface area (Å²) in [6.07, 6.45) is 1.68. The minimum Gasteiger partial charge on any atom is -0.396 e. The van der Waals surface area contributed by atoms with E-state index in [0.29, 0.717) is 10.9 Å². The number of aromatic nitrogens is 1. The molecular weight excluding hydrogens is 186 g/mol. The average molecular weight is 195 g/mol. The van der Waals surface area contributed by atoms with Gasteiger partial charge in [0.2, 0.25) is 0 Å². The molecule has 2 rings (SSSR count). The molecule has 1 aromatic carbocycles. The molecule has 0 atom stereocenters. The van der Waals surface area contributed by atoms with Crippen molar-refractivity contribution in [1.29, 1.82) is 0 Å². The smallest absolute Gasteiger partial charge is 0.250 e. The molecule has 0 aliphatic heterocycles. The molecule has 2 nitrogen and oxygen atoms in total. The van der Waals surface area contributed by atoms with Crippen LogP contribution in [0.15, 0.2) is 24.4 Å². The van der Waals surface area contributed by atoms with Gasteiger partial charge in [-0.3, -0.25) is 0 Å². The molecule has 14 heavy (non-hydrogen) atoms. The molecule has 0 saturated heterocycles. The van der Waals surface area contributed by atoms with Crippen molar-refractivity contribution in [1.82, 2.24) is 0 Å². The second-order valence-electron chi connectivity index (χ2n) is 3.14. The van der Waals surface area contributed by atoms with Crippen molar-refractivity contribution in [2.75, 3.05) is 5.73 Å². The highest BCUT2D eigenvalue weighted by atomic mass is 19.1. The molecule has 1 aromatic heterocycles. The summed E-state index contributed by atoms with van der Waals surface area (Å²) in [6, 6.07) is 4.09. The summed E-state index contributed by atoms with van der Waals surface area (Å²) in [5.41, 5.74) is 5.80. The SMILES string of the molecule is C[n+]1cccc2c(N)c(F)cc(F)c21. The van der Waals surface area contributed by atoms with Crippen LogP contribution in [-0.4, -0.2) is 0 Å². The van der Waals surface area contributed by atoms with Crippen LogP contribution in [0.2, 0.25) is 0 Å². The quantitative estimate of drug-likeness (QED) is 0.501. The third-order valence-corrected chi connectivity index (χ3v) is 2.21. The summed E-state index contributed by atoms with van der Waals surface area (Å²) in [5.74, 6) is -1.32. The predicted octanol–water partition coefficient (Wildman–Crippen LogP) is 1.52. The molecule has 0 amide bonds. The van der Waals surface area contributed by atoms with E-state index in [-0.39, 0.29) is 5.69 Å². The molecule has 0 radical (unpaired) electrons. The summed E-state index contributed by atoms with van der Waals surface area (Å²) in [5, 5.41) is 0.396. The molecule has 2 N–H and O–H groups in total. The van der Waals surface area contributed by atoms with Gasteiger partial charge in [-0.15, -0.1) is 0 Å². The zero-order chi connectivity index (χ0) is 10.3. The molecule has 0 spiro atoms. The Bertz CT molecular complexity index is 509. The van der Waals surface area contributed by atoms with Crippen LogP contribution in [0.3, 0.4) is 0 Å². The lowest BCUT2D eigenvalue weighted by Gasteiger charge is -2.02. The van der Waals surface area contributed by atoms with Gasteiger partial charge in [0, 0.05) is 12.1 Å². The molecule has 4 heteroatoms. The highest BCUT2D eigenvalue weighted by molar-refractivity contribution is 5.88. The van der Waals surface area contributed by atoms with Crippen molar-refractivity contribution < 1.29 is 13.3 Å². The fraction of sp³-hybridized carbons (Fsp3) is 0.100. The number of pyridine rings is 1. The third-order valence-electron chi connectivity index (χ3n) is 2.21. The van der Waals surface area contributed by atoms with Crippen LogP contribution in [0.5, 0.6) is 0 Å². The Kier molecular flexibility index (Phi) is 1.84. The molecule has 0 aliphatic rings. The number of nitrogen functional groups attached to an aromatic ring is 1. The fourth-order valence-electron chi connectivity index (χ4n) is 1.51. The maximum atomic E-state index is 13.4. The van der Waals surface area contributed by atoms with Crippen LogP contribution in [0.4, 0.5) is 14.5 Å². The van der Waals surface area contributed by atoms with Gasteiger partial charge in [0.1, 0.15) is 12.9 Å². The number of hydrogen-bond donors (Lipinski definition) is 1. The van der Waals surface area contributed by atoms with Crippen molar-refractivity contribution in [3.05, 3.63) is 36.0 Å². The van der Waals surface area contributed by atoms with Crippen LogP contribution in [-0.2, 0) is 7.05 Å². The number of nitrogens with two attached hydrogens (primary N) is 1. The Morgan fingerprint density at radius 1 is 1.29 bits per heavy atom. The van der Waals surface area contributed by atoms with Gasteiger partial charge in [0.15, 0.2) is 12.0 Å². The van der Waals surface area contributed by atoms with Crippen molar-refractivity contribution >= 4 is 16.6 Å². The van der Waals surface area contributed by atoms with E-state index in [2.05, 4.69) is 0 Å². The molecule has 0 bridgehead atoms. The highest BCUT2D eigenvalue weighted by Crippen LogP contribution is 2.23. The van der Waals surface area contributed by atoms with E-state index in [0.717, 1.165) is 6.07 Å². The number of benzene rings is 1. The van der Waals surface area contributed by atoms with E-state index in [1.807, 2.05) is 0 Å². The Labute approximate surface area is 79.6 Å². The maximum Gasteiger partial charge on any atom is 0.250 e. The molecule has 0 unspecified atom stereocenters. The number of rotatable bonds is 0. The number of hydrogen-bond acceptors (Lipinski definition) is 1. The van der Waals surface area contributed by atoms with E-state index in [4.69, 9.17) is 5.73 Å². The van der Waals surface area contributed by atoms with E-state index in [1.54, 1.807) is 29.9 Å². The largest absolute Gasteiger partial charge is 0.396 e. The molecular formula is C10H9F2N2+. The van der Waals surface area contributed by atoms with Crippen LogP contribution in [0.1, 0.15) is 0 Å². The monoisotopic (exact) mass is 195 g/mol. The first kappa shape index (κ1) is 8.87. The van der Waals surface area contributed by atoms with Gasteiger partial charge in [0.25, 0.3) is 5.52 Å². The Balaban J connectivity index is 3.02. The molecule has 2 aromatic rings. The first-order valence-corrected chi connectivity index (χ1v) is 4.13. The van der Waals surface area contributed by atoms with Crippen molar-refractivity contribution in [3.8, 4) is 0 Å². The molecule has 0 saturated carbocycles. The normalized spacial score (nSPS) is 10.8. The van der Waals surface area contributed by atoms with Crippen molar-refractivity contribution in [2.24, 2.45) is 7.05 Å². The Hall–Kier alpha value is -1.71. The molecule has 1 heterocycles. The van der Waals surface area contributed by atoms with Gasteiger partial charge < -0.3 is 5.73 Å². The zero-order valence-electron chi connectivity index (χ0n) is 7.59. The van der Waals surface area contributed by atoms with Crippen LogP contribution in [0, 0.1) is 11.6 Å². The minimum atomic E-state index is -0.721. The van der Waals surface area contributed by atoms with E-state index >= 15 is 0 Å². The first-order valence-electron chi connectivity index (χ1n) is 4.13. The fourth-order valence-corrected chi connectivity index (χ4v) is 1.51. The Morgan fingerprint density at radius 2 is 2.00 bits per heavy atom. The maximum absolute atomic E-state index is 13.4. The lowest BCUT2D eigenvalue weighted by Crippen LogP contribution is -2.29. The summed E-state index contributed by atoms with van der Waals surface area (Å²) < 4.78 is 28.0. The summed E-state index contributed by atoms with van der Waals surface area (Å²) in [6.45, 7) is 0. The number of halogens is 2. The minimum absolute atomic E-state index is 0.0161. The second kappa shape index (κ2) is 2.90. The van der Waals surface area contributed by atoms with E-state index in [1.165, 1.54) is 0 Å². The van der Waals surface area contributed by atoms with Gasteiger partial charge in [-0.05, 0) is 6.07 Å². The summed E-state index contributed by atoms with van der Waals surface area (Å²) in [7, 11) is 1.68. The lowest BCUT2D eigenvalue weighted by molar-refractivity contribution is -0.645. The highest BCUT2D eigenvalue weighted by Gasteiger charge is 2.16. The number of fused-ring (bicyclic) bond motifs is 1. The van der Waals surface area contributed by atoms with Crippen molar-refractivity contribution in [2.45, 2.75) is 0 Å². The molecule has 0 aliphatic carbocycles. The second-order valence-corrected chi connectivity index (χ2v) is 3.14. The first-order chi connectivity index (χ1) is 6.61. The molecule has 72 valence electrons. The van der Waals surface area contributed by atoms with Gasteiger partial charge in [-0.1, -0.05) is 0 Å². The van der Waals surface area contributed by atoms with Crippen molar-refractivity contribution in [3.63, 3.8) is 0 Å².